The molecule has 0 saturated carbocycles. The van der Waals surface area contributed by atoms with Crippen LogP contribution in [0.4, 0.5) is 0 Å². The van der Waals surface area contributed by atoms with Crippen LogP contribution in [0.1, 0.15) is 22.7 Å². The first-order valence-corrected chi connectivity index (χ1v) is 2.12. The van der Waals surface area contributed by atoms with Crippen molar-refractivity contribution in [1.82, 2.24) is 0 Å². The van der Waals surface area contributed by atoms with Gasteiger partial charge in [0.15, 0.2) is 0 Å². The average molecular weight is 123 g/mol. The van der Waals surface area contributed by atoms with Crippen molar-refractivity contribution in [1.29, 1.82) is 5.26 Å². The van der Waals surface area contributed by atoms with Gasteiger partial charge in [0.25, 0.3) is 0 Å². The predicted molar refractivity (Wildman–Crippen MR) is 41.6 cm³/mol. The zero-order chi connectivity index (χ0) is 6.00. The first-order chi connectivity index (χ1) is 3.00. The maximum absolute atomic E-state index is 6.50. The Bertz CT molecular complexity index is 23.6. The minimum atomic E-state index is 0. The normalized spacial score (nSPS) is 1.71. The van der Waals surface area contributed by atoms with Crippen molar-refractivity contribution in [3.63, 3.8) is 0 Å². The first-order valence-electron chi connectivity index (χ1n) is 1.55. The smallest absolute Gasteiger partial charge is 0.0462 e. The molecule has 7 heavy (non-hydrogen) atoms. The van der Waals surface area contributed by atoms with Gasteiger partial charge in [-0.3, -0.25) is 0 Å². The van der Waals surface area contributed by atoms with E-state index in [1.807, 2.05) is 13.8 Å². The van der Waals surface area contributed by atoms with Crippen LogP contribution >= 0.6 is 12.2 Å². The van der Waals surface area contributed by atoms with Crippen LogP contribution in [0.2, 0.25) is 0 Å². The van der Waals surface area contributed by atoms with Crippen LogP contribution in [-0.2, 0) is 0 Å². The lowest BCUT2D eigenvalue weighted by molar-refractivity contribution is 1.50. The number of nitriles is 1. The van der Waals surface area contributed by atoms with E-state index in [0.29, 0.717) is 0 Å². The summed E-state index contributed by atoms with van der Waals surface area (Å²) in [6.45, 7) is 7.50. The summed E-state index contributed by atoms with van der Waals surface area (Å²) in [5.74, 6) is 2.83. The standard InChI is InChI=1S/C2H6.CHN.CH2S.CH4.H2/c3*1-2;;/h1-2H3;1H;1H2;1H4;1H/i;;;;1+2. The minimum absolute atomic E-state index is 0. The molecule has 0 aliphatic heterocycles. The van der Waals surface area contributed by atoms with E-state index in [0.717, 1.165) is 0 Å². The lowest BCUT2D eigenvalue weighted by Gasteiger charge is -1.07. The Hall–Kier alpha value is -0.420. The topological polar surface area (TPSA) is 23.8 Å². The van der Waals surface area contributed by atoms with Gasteiger partial charge in [0, 0.05) is 8.00 Å². The Balaban J connectivity index is -0.00000000500. The van der Waals surface area contributed by atoms with E-state index in [4.69, 9.17) is 5.26 Å². The second kappa shape index (κ2) is 664. The van der Waals surface area contributed by atoms with E-state index in [-0.39, 0.29) is 8.85 Å². The van der Waals surface area contributed by atoms with Crippen molar-refractivity contribution in [2.45, 2.75) is 21.3 Å². The molecule has 0 rings (SSSR count). The van der Waals surface area contributed by atoms with Crippen LogP contribution in [0.5, 0.6) is 0 Å². The van der Waals surface area contributed by atoms with E-state index < -0.39 is 0 Å². The fourth-order valence-corrected chi connectivity index (χ4v) is 0. The molecule has 0 aromatic rings. The highest BCUT2D eigenvalue weighted by atomic mass is 32.1. The molecule has 0 N–H and O–H groups in total. The van der Waals surface area contributed by atoms with Gasteiger partial charge >= 0.3 is 0 Å². The molecule has 0 saturated heterocycles. The van der Waals surface area contributed by atoms with Crippen molar-refractivity contribution in [2.24, 2.45) is 0 Å². The summed E-state index contributed by atoms with van der Waals surface area (Å²) in [6.07, 6.45) is 0. The third kappa shape index (κ3) is 405. The van der Waals surface area contributed by atoms with Gasteiger partial charge in [-0.25, -0.2) is 5.26 Å². The quantitative estimate of drug-likeness (QED) is 0.462. The summed E-state index contributed by atoms with van der Waals surface area (Å²) in [6, 6.07) is 0. The molecule has 0 aromatic heterocycles. The third-order valence-corrected chi connectivity index (χ3v) is 0. The third-order valence-electron chi connectivity index (χ3n) is 0. The molecule has 0 spiro atoms. The van der Waals surface area contributed by atoms with Crippen LogP contribution in [0, 0.1) is 11.8 Å². The second-order valence-corrected chi connectivity index (χ2v) is 0. The van der Waals surface area contributed by atoms with Crippen LogP contribution in [0.3, 0.4) is 0 Å². The molecule has 0 heterocycles. The van der Waals surface area contributed by atoms with Crippen LogP contribution in [0.15, 0.2) is 0 Å². The maximum Gasteiger partial charge on any atom is 0.0462 e. The van der Waals surface area contributed by atoms with E-state index in [2.05, 4.69) is 24.7 Å². The number of hydrogen-bond acceptors (Lipinski definition) is 2. The molecule has 0 bridgehead atoms. The Kier molecular flexibility index (Phi) is 2920. The highest BCUT2D eigenvalue weighted by Gasteiger charge is 0.932. The lowest BCUT2D eigenvalue weighted by atomic mass is 11.0. The van der Waals surface area contributed by atoms with E-state index in [1.165, 1.54) is 0 Å². The Morgan fingerprint density at radius 2 is 1.43 bits per heavy atom. The number of nitrogens with zero attached hydrogens (tertiary/aromatic N) is 1. The first kappa shape index (κ1) is 30.8. The molecular formula is C5H15NS. The second-order valence-electron chi connectivity index (χ2n) is 0. The molecule has 46 valence electrons. The van der Waals surface area contributed by atoms with Crippen LogP contribution in [0.25, 0.3) is 0 Å². The lowest BCUT2D eigenvalue weighted by Crippen LogP contribution is -0.856. The Morgan fingerprint density at radius 1 is 1.43 bits per heavy atom. The molecule has 0 radical (unpaired) electrons. The van der Waals surface area contributed by atoms with E-state index in [1.54, 1.807) is 0 Å². The fourth-order valence-electron chi connectivity index (χ4n) is 0. The van der Waals surface area contributed by atoms with Gasteiger partial charge in [-0.15, -0.1) is 0 Å². The van der Waals surface area contributed by atoms with Crippen molar-refractivity contribution >= 4 is 18.1 Å². The zero-order valence-corrected chi connectivity index (χ0v) is 4.96. The van der Waals surface area contributed by atoms with Gasteiger partial charge in [-0.1, -0.05) is 33.5 Å². The van der Waals surface area contributed by atoms with Gasteiger partial charge in [-0.05, 0) is 5.87 Å². The summed E-state index contributed by atoms with van der Waals surface area (Å²) in [4.78, 5) is 0. The number of hydrogen-bond donors (Lipinski definition) is 0. The van der Waals surface area contributed by atoms with Gasteiger partial charge < -0.3 is 0 Å². The van der Waals surface area contributed by atoms with Gasteiger partial charge in [-0.2, -0.15) is 0 Å². The summed E-state index contributed by atoms with van der Waals surface area (Å²) in [5.41, 5.74) is 0. The molecule has 2 heteroatoms. The van der Waals surface area contributed by atoms with Crippen molar-refractivity contribution in [3.8, 4) is 6.57 Å². The Morgan fingerprint density at radius 3 is 1.43 bits per heavy atom. The molecule has 0 aliphatic carbocycles. The zero-order valence-electron chi connectivity index (χ0n) is 4.14. The van der Waals surface area contributed by atoms with Crippen molar-refractivity contribution in [2.75, 3.05) is 0 Å². The maximum atomic E-state index is 6.50. The molecule has 0 unspecified atom stereocenters. The predicted octanol–water partition coefficient (Wildman–Crippen LogP) is 2.66. The van der Waals surface area contributed by atoms with Crippen molar-refractivity contribution < 1.29 is 1.43 Å². The molecule has 0 amide bonds. The summed E-state index contributed by atoms with van der Waals surface area (Å²) in [7, 11) is 0. The largest absolute Gasteiger partial charge is 0.202 e. The average Bonchev–Trinajstić information content (AvgIpc) is 1.81. The van der Waals surface area contributed by atoms with Crippen LogP contribution in [-0.4, -0.2) is 5.87 Å². The minimum Gasteiger partial charge on any atom is -0.202 e. The monoisotopic (exact) mass is 123 g/mol. The van der Waals surface area contributed by atoms with Gasteiger partial charge in [0.05, 0.1) is 0 Å². The molecule has 0 fully saturated rings. The van der Waals surface area contributed by atoms with Gasteiger partial charge in [0.1, 0.15) is 0 Å². The Labute approximate surface area is 53.5 Å². The molecule has 0 atom stereocenters. The highest BCUT2D eigenvalue weighted by Crippen LogP contribution is 1.14. The molecule has 1 nitrogen and oxygen atoms in total. The van der Waals surface area contributed by atoms with Crippen molar-refractivity contribution in [3.05, 3.63) is 0 Å². The molecule has 0 aliphatic rings. The SMILES string of the molecule is C.C#N.C=S.CC.[3HH]. The van der Waals surface area contributed by atoms with E-state index >= 15 is 0 Å². The number of rotatable bonds is 0. The summed E-state index contributed by atoms with van der Waals surface area (Å²) < 4.78 is 0. The van der Waals surface area contributed by atoms with Crippen LogP contribution < -0.4 is 0 Å². The summed E-state index contributed by atoms with van der Waals surface area (Å²) in [5, 5.41) is 6.50. The fraction of sp³-hybridized carbons (Fsp3) is 0.600. The molecule has 0 aromatic carbocycles. The highest BCUT2D eigenvalue weighted by molar-refractivity contribution is 7.77. The summed E-state index contributed by atoms with van der Waals surface area (Å²) >= 11 is 3.83. The van der Waals surface area contributed by atoms with E-state index in [9.17, 15) is 0 Å². The number of thiocarbonyl (C=S) groups is 1. The molecular weight excluding hydrogens is 106 g/mol. The van der Waals surface area contributed by atoms with Gasteiger partial charge in [0.2, 0.25) is 0 Å².